The van der Waals surface area contributed by atoms with Crippen LogP contribution in [0.15, 0.2) is 168 Å². The Labute approximate surface area is 289 Å². The lowest BCUT2D eigenvalue weighted by molar-refractivity contribution is 0.669. The predicted molar refractivity (Wildman–Crippen MR) is 201 cm³/mol. The van der Waals surface area contributed by atoms with Gasteiger partial charge in [-0.05, 0) is 79.8 Å². The molecular formula is C45H27N3O. The molecule has 4 nitrogen and oxygen atoms in total. The first-order valence-electron chi connectivity index (χ1n) is 18.5. The number of nitrogens with zero attached hydrogens (tertiary/aromatic N) is 3. The van der Waals surface area contributed by atoms with Gasteiger partial charge in [-0.2, -0.15) is 0 Å². The number of hydrogen-bond donors (Lipinski definition) is 0. The summed E-state index contributed by atoms with van der Waals surface area (Å²) in [5.74, 6) is 0.614. The summed E-state index contributed by atoms with van der Waals surface area (Å²) in [5, 5.41) is 9.14. The van der Waals surface area contributed by atoms with E-state index in [1.165, 1.54) is 32.3 Å². The lowest BCUT2D eigenvalue weighted by atomic mass is 9.92. The summed E-state index contributed by atoms with van der Waals surface area (Å²) in [6.45, 7) is 0. The Morgan fingerprint density at radius 3 is 1.55 bits per heavy atom. The normalized spacial score (nSPS) is 13.1. The van der Waals surface area contributed by atoms with Crippen molar-refractivity contribution < 1.29 is 11.3 Å². The smallest absolute Gasteiger partial charge is 0.164 e. The second-order valence-corrected chi connectivity index (χ2v) is 12.0. The van der Waals surface area contributed by atoms with Crippen molar-refractivity contribution in [1.29, 1.82) is 0 Å². The molecule has 4 heteroatoms. The van der Waals surface area contributed by atoms with E-state index in [-0.39, 0.29) is 23.5 Å². The first kappa shape index (κ1) is 22.8. The quantitative estimate of drug-likeness (QED) is 0.182. The van der Waals surface area contributed by atoms with E-state index in [0.717, 1.165) is 27.5 Å². The van der Waals surface area contributed by atoms with Gasteiger partial charge in [-0.1, -0.05) is 127 Å². The molecule has 8 aromatic carbocycles. The fraction of sp³-hybridized carbons (Fsp3) is 0. The van der Waals surface area contributed by atoms with Crippen molar-refractivity contribution >= 4 is 54.3 Å². The molecule has 228 valence electrons. The topological polar surface area (TPSA) is 51.8 Å². The van der Waals surface area contributed by atoms with Crippen molar-refractivity contribution in [2.75, 3.05) is 0 Å². The average Bonchev–Trinajstić information content (AvgIpc) is 3.59. The highest BCUT2D eigenvalue weighted by molar-refractivity contribution is 6.25. The summed E-state index contributed by atoms with van der Waals surface area (Å²) in [7, 11) is 0. The summed E-state index contributed by atoms with van der Waals surface area (Å²) < 4.78 is 48.2. The van der Waals surface area contributed by atoms with Gasteiger partial charge >= 0.3 is 0 Å². The van der Waals surface area contributed by atoms with Crippen LogP contribution < -0.4 is 0 Å². The second kappa shape index (κ2) is 11.0. The highest BCUT2D eigenvalue weighted by Crippen LogP contribution is 2.39. The van der Waals surface area contributed by atoms with Crippen LogP contribution in [0.5, 0.6) is 0 Å². The fourth-order valence-corrected chi connectivity index (χ4v) is 6.88. The lowest BCUT2D eigenvalue weighted by Gasteiger charge is -2.12. The molecule has 2 heterocycles. The standard InChI is InChI=1S/C45H27N3O/c1-3-11-28(12-4-1)43-46-44(29-13-5-2-6-14-29)48-45(47-43)32-21-24-41-40(26-32)38-23-20-31(27-42(38)49-41)30-19-22-37-35-17-8-7-15-33(35)34-16-9-10-18-36(34)39(37)25-30/h1-27H/i1D,3D,4D,11D,12D. The van der Waals surface area contributed by atoms with E-state index in [4.69, 9.17) is 21.2 Å². The van der Waals surface area contributed by atoms with Crippen molar-refractivity contribution in [1.82, 2.24) is 15.0 Å². The molecule has 0 unspecified atom stereocenters. The molecule has 0 saturated carbocycles. The molecule has 0 aliphatic rings. The molecule has 0 N–H and O–H groups in total. The number of furan rings is 1. The molecule has 0 radical (unpaired) electrons. The Morgan fingerprint density at radius 1 is 0.347 bits per heavy atom. The lowest BCUT2D eigenvalue weighted by Crippen LogP contribution is -2.00. The van der Waals surface area contributed by atoms with Crippen LogP contribution in [0.3, 0.4) is 0 Å². The first-order chi connectivity index (χ1) is 26.3. The van der Waals surface area contributed by atoms with Crippen LogP contribution >= 0.6 is 0 Å². The van der Waals surface area contributed by atoms with E-state index in [2.05, 4.69) is 89.9 Å². The van der Waals surface area contributed by atoms with E-state index >= 15 is 0 Å². The molecule has 0 fully saturated rings. The molecular weight excluding hydrogens is 599 g/mol. The Morgan fingerprint density at radius 2 is 0.857 bits per heavy atom. The van der Waals surface area contributed by atoms with Gasteiger partial charge in [-0.3, -0.25) is 0 Å². The molecule has 49 heavy (non-hydrogen) atoms. The number of hydrogen-bond acceptors (Lipinski definition) is 4. The maximum absolute atomic E-state index is 8.60. The molecule has 0 saturated heterocycles. The summed E-state index contributed by atoms with van der Waals surface area (Å²) in [4.78, 5) is 14.1. The van der Waals surface area contributed by atoms with E-state index in [1.54, 1.807) is 0 Å². The molecule has 0 aliphatic carbocycles. The summed E-state index contributed by atoms with van der Waals surface area (Å²) in [6, 6.07) is 42.9. The van der Waals surface area contributed by atoms with Crippen molar-refractivity contribution in [3.63, 3.8) is 0 Å². The van der Waals surface area contributed by atoms with Crippen LogP contribution in [0, 0.1) is 0 Å². The Bertz CT molecular complexity index is 3120. The number of aromatic nitrogens is 3. The van der Waals surface area contributed by atoms with Crippen LogP contribution in [-0.4, -0.2) is 15.0 Å². The highest BCUT2D eigenvalue weighted by Gasteiger charge is 2.16. The monoisotopic (exact) mass is 630 g/mol. The Kier molecular flexibility index (Phi) is 5.10. The van der Waals surface area contributed by atoms with Crippen molar-refractivity contribution in [2.45, 2.75) is 0 Å². The van der Waals surface area contributed by atoms with Gasteiger partial charge in [0.1, 0.15) is 11.2 Å². The molecule has 10 rings (SSSR count). The van der Waals surface area contributed by atoms with E-state index < -0.39 is 18.1 Å². The zero-order valence-corrected chi connectivity index (χ0v) is 26.0. The molecule has 0 aliphatic heterocycles. The highest BCUT2D eigenvalue weighted by atomic mass is 16.3. The van der Waals surface area contributed by atoms with Crippen LogP contribution in [0.25, 0.3) is 99.5 Å². The van der Waals surface area contributed by atoms with Gasteiger partial charge in [0.05, 0.1) is 6.85 Å². The van der Waals surface area contributed by atoms with Gasteiger partial charge in [0, 0.05) is 27.5 Å². The minimum Gasteiger partial charge on any atom is -0.456 e. The molecule has 0 bridgehead atoms. The molecule has 0 spiro atoms. The van der Waals surface area contributed by atoms with Crippen LogP contribution in [0.1, 0.15) is 6.85 Å². The predicted octanol–water partition coefficient (Wildman–Crippen LogP) is 11.9. The zero-order chi connectivity index (χ0) is 36.7. The van der Waals surface area contributed by atoms with E-state index in [0.29, 0.717) is 28.4 Å². The third-order valence-corrected chi connectivity index (χ3v) is 9.20. The summed E-state index contributed by atoms with van der Waals surface area (Å²) in [5.41, 5.74) is 4.84. The average molecular weight is 631 g/mol. The van der Waals surface area contributed by atoms with Crippen molar-refractivity contribution in [3.8, 4) is 45.3 Å². The molecule has 10 aromatic rings. The van der Waals surface area contributed by atoms with Gasteiger partial charge in [0.2, 0.25) is 0 Å². The maximum Gasteiger partial charge on any atom is 0.164 e. The Balaban J connectivity index is 1.11. The van der Waals surface area contributed by atoms with Gasteiger partial charge in [0.15, 0.2) is 17.5 Å². The minimum absolute atomic E-state index is 0.00574. The van der Waals surface area contributed by atoms with Gasteiger partial charge in [-0.25, -0.2) is 15.0 Å². The zero-order valence-electron chi connectivity index (χ0n) is 31.0. The minimum atomic E-state index is -0.477. The Hall–Kier alpha value is -6.65. The summed E-state index contributed by atoms with van der Waals surface area (Å²) >= 11 is 0. The second-order valence-electron chi connectivity index (χ2n) is 12.0. The summed E-state index contributed by atoms with van der Waals surface area (Å²) in [6.07, 6.45) is 0. The fourth-order valence-electron chi connectivity index (χ4n) is 6.88. The van der Waals surface area contributed by atoms with Crippen LogP contribution in [0.2, 0.25) is 0 Å². The van der Waals surface area contributed by atoms with Crippen molar-refractivity contribution in [2.24, 2.45) is 0 Å². The maximum atomic E-state index is 8.60. The van der Waals surface area contributed by atoms with E-state index in [1.807, 2.05) is 48.5 Å². The molecule has 2 aromatic heterocycles. The number of rotatable bonds is 4. The van der Waals surface area contributed by atoms with Crippen molar-refractivity contribution in [3.05, 3.63) is 164 Å². The van der Waals surface area contributed by atoms with Crippen LogP contribution in [0.4, 0.5) is 0 Å². The number of fused-ring (bicyclic) bond motifs is 9. The van der Waals surface area contributed by atoms with Crippen LogP contribution in [-0.2, 0) is 0 Å². The molecule has 0 atom stereocenters. The third-order valence-electron chi connectivity index (χ3n) is 9.20. The van der Waals surface area contributed by atoms with Gasteiger partial charge in [-0.15, -0.1) is 0 Å². The first-order valence-corrected chi connectivity index (χ1v) is 16.0. The van der Waals surface area contributed by atoms with Gasteiger partial charge < -0.3 is 4.42 Å². The SMILES string of the molecule is [2H]c1c([2H])c([2H])c(-c2nc(-c3ccccc3)nc(-c3ccc4oc5cc(-c6ccc7c8ccccc8c8ccccc8c7c6)ccc5c4c3)n2)c([2H])c1[2H]. The van der Waals surface area contributed by atoms with Gasteiger partial charge in [0.25, 0.3) is 0 Å². The third kappa shape index (κ3) is 4.57. The van der Waals surface area contributed by atoms with E-state index in [9.17, 15) is 0 Å². The largest absolute Gasteiger partial charge is 0.456 e. The number of benzene rings is 8. The molecule has 0 amide bonds.